The fraction of sp³-hybridized carbons (Fsp3) is 0.421. The predicted molar refractivity (Wildman–Crippen MR) is 170 cm³/mol. The number of ether oxygens (including phenoxy) is 5. The van der Waals surface area contributed by atoms with Crippen LogP contribution < -0.4 is 0 Å². The fourth-order valence-electron chi connectivity index (χ4n) is 9.34. The van der Waals surface area contributed by atoms with Crippen molar-refractivity contribution in [1.29, 1.82) is 0 Å². The van der Waals surface area contributed by atoms with Gasteiger partial charge in [0, 0.05) is 29.4 Å². The van der Waals surface area contributed by atoms with E-state index in [0.717, 1.165) is 5.56 Å². The van der Waals surface area contributed by atoms with Crippen molar-refractivity contribution in [3.05, 3.63) is 114 Å². The maximum absolute atomic E-state index is 13.9. The van der Waals surface area contributed by atoms with Crippen LogP contribution in [0.15, 0.2) is 103 Å². The van der Waals surface area contributed by atoms with Gasteiger partial charge in [-0.2, -0.15) is 0 Å². The Morgan fingerprint density at radius 3 is 2.38 bits per heavy atom. The Hall–Kier alpha value is -3.74. The van der Waals surface area contributed by atoms with E-state index in [0.29, 0.717) is 11.1 Å². The largest absolute Gasteiger partial charge is 0.455 e. The second-order valence-corrected chi connectivity index (χ2v) is 13.9. The molecule has 6 aliphatic rings. The van der Waals surface area contributed by atoms with Crippen LogP contribution in [0.2, 0.25) is 0 Å². The highest BCUT2D eigenvalue weighted by Crippen LogP contribution is 2.74. The molecule has 8 rings (SSSR count). The molecule has 10 nitrogen and oxygen atoms in total. The fourth-order valence-corrected chi connectivity index (χ4v) is 9.34. The van der Waals surface area contributed by atoms with Crippen LogP contribution in [0.1, 0.15) is 31.9 Å². The Balaban J connectivity index is 1.29. The number of benzene rings is 2. The van der Waals surface area contributed by atoms with Crippen molar-refractivity contribution in [2.45, 2.75) is 73.6 Å². The topological polar surface area (TPSA) is 144 Å². The molecule has 12 atom stereocenters. The summed E-state index contributed by atoms with van der Waals surface area (Å²) >= 11 is 0. The van der Waals surface area contributed by atoms with E-state index >= 15 is 0 Å². The van der Waals surface area contributed by atoms with Gasteiger partial charge < -0.3 is 39.0 Å². The number of rotatable bonds is 7. The van der Waals surface area contributed by atoms with Gasteiger partial charge in [-0.15, -0.1) is 0 Å². The summed E-state index contributed by atoms with van der Waals surface area (Å²) in [5.74, 6) is -5.98. The molecule has 2 aromatic rings. The number of hydrogen-bond acceptors (Lipinski definition) is 10. The van der Waals surface area contributed by atoms with Gasteiger partial charge in [-0.05, 0) is 30.6 Å². The highest BCUT2D eigenvalue weighted by molar-refractivity contribution is 6.05. The number of carbonyl (C=O) groups excluding carboxylic acids is 2. The van der Waals surface area contributed by atoms with Crippen LogP contribution in [-0.4, -0.2) is 80.5 Å². The molecule has 3 heterocycles. The molecule has 10 heteroatoms. The van der Waals surface area contributed by atoms with Crippen LogP contribution >= 0.6 is 0 Å². The summed E-state index contributed by atoms with van der Waals surface area (Å²) in [4.78, 5) is 27.5. The van der Waals surface area contributed by atoms with Crippen LogP contribution in [0.3, 0.4) is 0 Å². The number of hydrogen-bond donors (Lipinski definition) is 3. The van der Waals surface area contributed by atoms with Crippen molar-refractivity contribution >= 4 is 17.8 Å². The zero-order valence-electron chi connectivity index (χ0n) is 26.8. The minimum atomic E-state index is -2.43. The molecule has 250 valence electrons. The van der Waals surface area contributed by atoms with E-state index in [1.807, 2.05) is 49.4 Å². The Labute approximate surface area is 277 Å². The van der Waals surface area contributed by atoms with Gasteiger partial charge in [0.25, 0.3) is 0 Å². The molecule has 1 unspecified atom stereocenters. The molecule has 3 N–H and O–H groups in total. The molecule has 2 saturated carbocycles. The van der Waals surface area contributed by atoms with E-state index in [2.05, 4.69) is 6.58 Å². The Morgan fingerprint density at radius 2 is 1.71 bits per heavy atom. The summed E-state index contributed by atoms with van der Waals surface area (Å²) in [5, 5.41) is 34.9. The summed E-state index contributed by atoms with van der Waals surface area (Å²) in [6, 6.07) is 18.6. The highest BCUT2D eigenvalue weighted by Gasteiger charge is 2.90. The maximum atomic E-state index is 13.9. The van der Waals surface area contributed by atoms with Gasteiger partial charge in [0.1, 0.15) is 30.0 Å². The lowest BCUT2D eigenvalue weighted by molar-refractivity contribution is -0.440. The highest BCUT2D eigenvalue weighted by atomic mass is 16.9. The third-order valence-corrected chi connectivity index (χ3v) is 11.5. The zero-order valence-corrected chi connectivity index (χ0v) is 26.8. The quantitative estimate of drug-likeness (QED) is 0.134. The Bertz CT molecular complexity index is 1790. The van der Waals surface area contributed by atoms with Crippen LogP contribution in [0.5, 0.6) is 0 Å². The standard InChI is InChI=1S/C38H38O10/c1-21(2)36-30(44-27(40)18-12-11-15-24-13-7-5-8-14-24)23(4)37-26-19-22(3)29(41)35(26,43)33(42)34(20-39)31(45-34)28(37)32(36)46-38(47-36,48-37)25-16-9-6-10-17-25/h5-19,23,26,28,30-33,39,42-43H,1,20H2,2-4H3/b15-11+,18-12+/t23-,26-,28+,30-,31+,32-,33-,34+,35-,36+,37+,38?/m1/s1. The van der Waals surface area contributed by atoms with E-state index in [4.69, 9.17) is 23.7 Å². The molecule has 3 saturated heterocycles. The summed E-state index contributed by atoms with van der Waals surface area (Å²) in [6.45, 7) is 8.79. The van der Waals surface area contributed by atoms with E-state index in [1.54, 1.807) is 56.3 Å². The maximum Gasteiger partial charge on any atom is 0.331 e. The lowest BCUT2D eigenvalue weighted by Gasteiger charge is -2.61. The van der Waals surface area contributed by atoms with Gasteiger partial charge in [-0.1, -0.05) is 98.5 Å². The van der Waals surface area contributed by atoms with Crippen molar-refractivity contribution in [2.24, 2.45) is 17.8 Å². The minimum Gasteiger partial charge on any atom is -0.455 e. The van der Waals surface area contributed by atoms with E-state index < -0.39 is 88.9 Å². The van der Waals surface area contributed by atoms with E-state index in [9.17, 15) is 24.9 Å². The van der Waals surface area contributed by atoms with Crippen molar-refractivity contribution < 1.29 is 48.6 Å². The second kappa shape index (κ2) is 10.4. The Morgan fingerprint density at radius 1 is 1.02 bits per heavy atom. The monoisotopic (exact) mass is 654 g/mol. The van der Waals surface area contributed by atoms with Gasteiger partial charge >= 0.3 is 11.9 Å². The minimum absolute atomic E-state index is 0.226. The molecule has 3 aliphatic carbocycles. The molecule has 0 aromatic heterocycles. The van der Waals surface area contributed by atoms with Crippen LogP contribution in [0.4, 0.5) is 0 Å². The number of allylic oxidation sites excluding steroid dienone is 2. The lowest BCUT2D eigenvalue weighted by Crippen LogP contribution is -2.76. The molecule has 0 spiro atoms. The smallest absolute Gasteiger partial charge is 0.331 e. The molecule has 5 fully saturated rings. The lowest BCUT2D eigenvalue weighted by atomic mass is 9.53. The van der Waals surface area contributed by atoms with Crippen molar-refractivity contribution in [1.82, 2.24) is 0 Å². The van der Waals surface area contributed by atoms with Crippen LogP contribution in [0, 0.1) is 17.8 Å². The molecule has 2 aromatic carbocycles. The Kier molecular flexibility index (Phi) is 6.82. The number of aliphatic hydroxyl groups excluding tert-OH is 2. The van der Waals surface area contributed by atoms with Gasteiger partial charge in [0.2, 0.25) is 0 Å². The number of esters is 1. The normalized spacial score (nSPS) is 45.0. The number of epoxide rings is 1. The van der Waals surface area contributed by atoms with Crippen molar-refractivity contribution in [3.8, 4) is 0 Å². The number of fused-ring (bicyclic) bond motifs is 3. The molecule has 48 heavy (non-hydrogen) atoms. The van der Waals surface area contributed by atoms with E-state index in [1.165, 1.54) is 6.08 Å². The van der Waals surface area contributed by atoms with Crippen LogP contribution in [0.25, 0.3) is 6.08 Å². The van der Waals surface area contributed by atoms with Gasteiger partial charge in [0.05, 0.1) is 12.2 Å². The van der Waals surface area contributed by atoms with Gasteiger partial charge in [0.15, 0.2) is 17.0 Å². The molecule has 0 radical (unpaired) electrons. The summed E-state index contributed by atoms with van der Waals surface area (Å²) in [7, 11) is 0. The van der Waals surface area contributed by atoms with Crippen molar-refractivity contribution in [3.63, 3.8) is 0 Å². The van der Waals surface area contributed by atoms with Gasteiger partial charge in [-0.25, -0.2) is 4.79 Å². The van der Waals surface area contributed by atoms with Crippen LogP contribution in [-0.2, 0) is 39.2 Å². The second-order valence-electron chi connectivity index (χ2n) is 13.9. The average molecular weight is 655 g/mol. The third kappa shape index (κ3) is 3.76. The molecular weight excluding hydrogens is 616 g/mol. The number of ketones is 1. The number of carbonyl (C=O) groups is 2. The predicted octanol–water partition coefficient (Wildman–Crippen LogP) is 3.12. The van der Waals surface area contributed by atoms with Crippen molar-refractivity contribution in [2.75, 3.05) is 6.61 Å². The number of Topliss-reactive ketones (excluding diaryl/α,β-unsaturated/α-hetero) is 1. The zero-order chi connectivity index (χ0) is 33.9. The molecular formula is C38H38O10. The third-order valence-electron chi connectivity index (χ3n) is 11.5. The summed E-state index contributed by atoms with van der Waals surface area (Å²) in [5.41, 5.74) is -4.99. The molecule has 3 bridgehead atoms. The SMILES string of the molecule is C=C(C)[C@@]12OC3(c4ccccc4)O[C@@H]1[C@@H]1[C@@H]4O[C@]4(CO)[C@@H](O)[C@]4(O)C(=O)C(C)=C[C@H]4[C@@]1(O3)[C@H](C)[C@H]2OC(=O)/C=C/C=C/c1ccccc1. The first-order chi connectivity index (χ1) is 22.9. The number of aliphatic hydroxyl groups is 3. The first-order valence-corrected chi connectivity index (χ1v) is 16.2. The van der Waals surface area contributed by atoms with E-state index in [-0.39, 0.29) is 5.57 Å². The summed E-state index contributed by atoms with van der Waals surface area (Å²) in [6.07, 6.45) is 3.34. The first kappa shape index (κ1) is 31.5. The summed E-state index contributed by atoms with van der Waals surface area (Å²) < 4.78 is 33.4. The van der Waals surface area contributed by atoms with Gasteiger partial charge in [-0.3, -0.25) is 4.79 Å². The average Bonchev–Trinajstić information content (AvgIpc) is 3.71. The molecule has 3 aliphatic heterocycles. The first-order valence-electron chi connectivity index (χ1n) is 16.2. The molecule has 0 amide bonds.